The van der Waals surface area contributed by atoms with Crippen LogP contribution in [0.1, 0.15) is 76.7 Å². The molecule has 3 fully saturated rings. The van der Waals surface area contributed by atoms with Crippen molar-refractivity contribution in [3.8, 4) is 23.0 Å². The molecule has 364 valence electrons. The van der Waals surface area contributed by atoms with Gasteiger partial charge in [-0.25, -0.2) is 17.2 Å². The highest BCUT2D eigenvalue weighted by atomic mass is 32.2. The van der Waals surface area contributed by atoms with Gasteiger partial charge in [-0.05, 0) is 92.4 Å². The standard InChI is InChI=1S/C50H55F2N7O9S/c1-6-67-42-25-32(9-16-41(42)66-4)40(29-69(5,64)65)59-46(61)36-14-10-33(26-38(36)47(59)62)57-21-23-58(24-22-57)43-18-20-56(30-50(43,51)52)28-31-7-11-34(12-8-31)68-35-13-15-37-39(27-35)55(3)54-45(37)49(2)19-17-44(60)53-48(49)63/h7-16,25-27,40,43H,6,17-24,28-30H2,1-5H3,(H,53,60,63)/t40-,43-,49-/m1/s1. The molecule has 5 aromatic rings. The summed E-state index contributed by atoms with van der Waals surface area (Å²) in [5.74, 6) is -3.44. The summed E-state index contributed by atoms with van der Waals surface area (Å²) in [6.07, 6.45) is 1.94. The van der Waals surface area contributed by atoms with Gasteiger partial charge in [0.2, 0.25) is 11.8 Å². The second-order valence-electron chi connectivity index (χ2n) is 18.6. The van der Waals surface area contributed by atoms with Gasteiger partial charge in [-0.15, -0.1) is 0 Å². The highest BCUT2D eigenvalue weighted by molar-refractivity contribution is 7.90. The summed E-state index contributed by atoms with van der Waals surface area (Å²) in [5.41, 5.74) is 2.67. The Morgan fingerprint density at radius 3 is 2.28 bits per heavy atom. The number of imide groups is 2. The van der Waals surface area contributed by atoms with Gasteiger partial charge in [-0.3, -0.25) is 43.9 Å². The number of hydrogen-bond donors (Lipinski definition) is 1. The smallest absolute Gasteiger partial charge is 0.275 e. The number of aromatic nitrogens is 2. The highest BCUT2D eigenvalue weighted by Gasteiger charge is 2.48. The average molecular weight is 968 g/mol. The Hall–Kier alpha value is -6.44. The molecule has 0 bridgehead atoms. The van der Waals surface area contributed by atoms with Crippen LogP contribution in [0.25, 0.3) is 10.9 Å². The van der Waals surface area contributed by atoms with E-state index in [1.54, 1.807) is 72.9 Å². The fraction of sp³-hybridized carbons (Fsp3) is 0.420. The predicted molar refractivity (Wildman–Crippen MR) is 253 cm³/mol. The van der Waals surface area contributed by atoms with E-state index < -0.39 is 50.8 Å². The first-order valence-electron chi connectivity index (χ1n) is 23.0. The quantitative estimate of drug-likeness (QED) is 0.131. The third kappa shape index (κ3) is 9.38. The molecule has 19 heteroatoms. The van der Waals surface area contributed by atoms with E-state index in [0.717, 1.165) is 27.6 Å². The predicted octanol–water partition coefficient (Wildman–Crippen LogP) is 5.88. The van der Waals surface area contributed by atoms with Crippen LogP contribution in [0.4, 0.5) is 14.5 Å². The Balaban J connectivity index is 0.799. The summed E-state index contributed by atoms with van der Waals surface area (Å²) in [5, 5.41) is 7.89. The normalized spacial score (nSPS) is 21.6. The van der Waals surface area contributed by atoms with Crippen LogP contribution in [0, 0.1) is 0 Å². The molecular weight excluding hydrogens is 913 g/mol. The molecule has 3 atom stereocenters. The maximum atomic E-state index is 16.0. The summed E-state index contributed by atoms with van der Waals surface area (Å²) in [6.45, 7) is 5.95. The topological polar surface area (TPSA) is 173 Å². The fourth-order valence-electron chi connectivity index (χ4n) is 10.2. The van der Waals surface area contributed by atoms with Gasteiger partial charge < -0.3 is 19.1 Å². The number of sulfone groups is 1. The van der Waals surface area contributed by atoms with Crippen LogP contribution in [0.2, 0.25) is 0 Å². The summed E-state index contributed by atoms with van der Waals surface area (Å²) in [6, 6.07) is 20.6. The molecule has 4 amide bonds. The fourth-order valence-corrected chi connectivity index (χ4v) is 11.1. The van der Waals surface area contributed by atoms with Crippen molar-refractivity contribution in [3.63, 3.8) is 0 Å². The van der Waals surface area contributed by atoms with Crippen molar-refractivity contribution < 1.29 is 50.6 Å². The zero-order valence-corrected chi connectivity index (χ0v) is 40.0. The Bertz CT molecular complexity index is 2960. The second-order valence-corrected chi connectivity index (χ2v) is 20.8. The number of fused-ring (bicyclic) bond motifs is 2. The zero-order valence-electron chi connectivity index (χ0n) is 39.2. The van der Waals surface area contributed by atoms with E-state index in [1.165, 1.54) is 7.11 Å². The van der Waals surface area contributed by atoms with Crippen molar-refractivity contribution in [2.75, 3.05) is 69.9 Å². The minimum Gasteiger partial charge on any atom is -0.493 e. The van der Waals surface area contributed by atoms with Crippen LogP contribution in [-0.4, -0.2) is 133 Å². The van der Waals surface area contributed by atoms with Gasteiger partial charge in [0.25, 0.3) is 17.7 Å². The Morgan fingerprint density at radius 2 is 1.59 bits per heavy atom. The second kappa shape index (κ2) is 18.5. The molecule has 4 aromatic carbocycles. The molecule has 0 radical (unpaired) electrons. The lowest BCUT2D eigenvalue weighted by atomic mass is 9.77. The molecule has 4 aliphatic rings. The van der Waals surface area contributed by atoms with Crippen molar-refractivity contribution in [3.05, 3.63) is 107 Å². The van der Waals surface area contributed by atoms with Gasteiger partial charge in [0.15, 0.2) is 11.5 Å². The number of halogens is 2. The minimum absolute atomic E-state index is 0.152. The van der Waals surface area contributed by atoms with Gasteiger partial charge in [0.1, 0.15) is 21.3 Å². The van der Waals surface area contributed by atoms with Gasteiger partial charge in [-0.2, -0.15) is 5.10 Å². The highest BCUT2D eigenvalue weighted by Crippen LogP contribution is 2.40. The van der Waals surface area contributed by atoms with E-state index >= 15 is 8.78 Å². The SMILES string of the molecule is CCOc1cc([C@@H](CS(C)(=O)=O)N2C(=O)c3ccc(N4CCN([C@@H]5CCN(Cc6ccc(Oc7ccc8c([C@@]9(C)CCC(=O)NC9=O)nn(C)c8c7)cc6)CC5(F)F)CC4)cc3C2=O)ccc1OC. The summed E-state index contributed by atoms with van der Waals surface area (Å²) >= 11 is 0. The number of amides is 4. The molecule has 0 spiro atoms. The number of piperidine rings is 2. The van der Waals surface area contributed by atoms with Crippen LogP contribution in [0.3, 0.4) is 0 Å². The number of anilines is 1. The molecule has 16 nitrogen and oxygen atoms in total. The van der Waals surface area contributed by atoms with Crippen molar-refractivity contribution in [1.29, 1.82) is 0 Å². The molecule has 69 heavy (non-hydrogen) atoms. The molecule has 0 unspecified atom stereocenters. The molecule has 1 aromatic heterocycles. The van der Waals surface area contributed by atoms with Gasteiger partial charge in [-0.1, -0.05) is 18.2 Å². The van der Waals surface area contributed by atoms with Crippen molar-refractivity contribution in [2.45, 2.75) is 63.1 Å². The third-order valence-corrected chi connectivity index (χ3v) is 14.7. The van der Waals surface area contributed by atoms with Crippen molar-refractivity contribution in [1.82, 2.24) is 29.8 Å². The number of piperazine rings is 1. The number of hydrogen-bond acceptors (Lipinski definition) is 13. The summed E-state index contributed by atoms with van der Waals surface area (Å²) in [4.78, 5) is 59.2. The number of methoxy groups -OCH3 is 1. The number of benzene rings is 4. The number of carbonyl (C=O) groups excluding carboxylic acids is 4. The number of aryl methyl sites for hydroxylation is 1. The number of rotatable bonds is 14. The largest absolute Gasteiger partial charge is 0.493 e. The molecule has 4 aliphatic heterocycles. The number of ether oxygens (including phenoxy) is 3. The van der Waals surface area contributed by atoms with Crippen LogP contribution >= 0.6 is 0 Å². The molecule has 9 rings (SSSR count). The lowest BCUT2D eigenvalue weighted by Gasteiger charge is -2.46. The van der Waals surface area contributed by atoms with E-state index in [0.29, 0.717) is 92.2 Å². The number of nitrogens with one attached hydrogen (secondary N) is 1. The Labute approximate surface area is 399 Å². The Morgan fingerprint density at radius 1 is 0.870 bits per heavy atom. The lowest BCUT2D eigenvalue weighted by molar-refractivity contribution is -0.137. The molecule has 5 heterocycles. The minimum atomic E-state index is -3.68. The Kier molecular flexibility index (Phi) is 12.7. The number of nitrogens with zero attached hydrogens (tertiary/aromatic N) is 6. The maximum Gasteiger partial charge on any atom is 0.275 e. The van der Waals surface area contributed by atoms with E-state index in [9.17, 15) is 27.6 Å². The zero-order chi connectivity index (χ0) is 49.0. The first-order chi connectivity index (χ1) is 32.8. The third-order valence-electron chi connectivity index (χ3n) is 13.8. The van der Waals surface area contributed by atoms with E-state index in [4.69, 9.17) is 14.2 Å². The number of alkyl halides is 2. The molecule has 1 N–H and O–H groups in total. The number of carbonyl (C=O) groups is 4. The van der Waals surface area contributed by atoms with E-state index in [1.807, 2.05) is 46.2 Å². The number of likely N-dealkylation sites (tertiary alicyclic amines) is 1. The van der Waals surface area contributed by atoms with Crippen LogP contribution < -0.4 is 24.4 Å². The van der Waals surface area contributed by atoms with Gasteiger partial charge in [0, 0.05) is 76.1 Å². The van der Waals surface area contributed by atoms with Crippen LogP contribution in [-0.2, 0) is 38.4 Å². The van der Waals surface area contributed by atoms with E-state index in [-0.39, 0.29) is 42.3 Å². The first-order valence-corrected chi connectivity index (χ1v) is 25.1. The summed E-state index contributed by atoms with van der Waals surface area (Å²) in [7, 11) is -0.407. The van der Waals surface area contributed by atoms with Crippen molar-refractivity contribution in [2.24, 2.45) is 7.05 Å². The molecule has 0 aliphatic carbocycles. The monoisotopic (exact) mass is 967 g/mol. The molecule has 0 saturated carbocycles. The molecular formula is C50H55F2N7O9S. The van der Waals surface area contributed by atoms with Gasteiger partial charge in [0.05, 0.1) is 65.9 Å². The lowest BCUT2D eigenvalue weighted by Crippen LogP contribution is -2.61. The average Bonchev–Trinajstić information content (AvgIpc) is 3.78. The maximum absolute atomic E-state index is 16.0. The summed E-state index contributed by atoms with van der Waals surface area (Å²) < 4.78 is 76.3. The van der Waals surface area contributed by atoms with Crippen LogP contribution in [0.5, 0.6) is 23.0 Å². The molecule has 3 saturated heterocycles. The van der Waals surface area contributed by atoms with Crippen molar-refractivity contribution >= 4 is 50.1 Å². The first kappa shape index (κ1) is 47.6. The van der Waals surface area contributed by atoms with E-state index in [2.05, 4.69) is 10.4 Å². The van der Waals surface area contributed by atoms with Crippen LogP contribution in [0.15, 0.2) is 78.9 Å². The van der Waals surface area contributed by atoms with Gasteiger partial charge >= 0.3 is 0 Å².